The summed E-state index contributed by atoms with van der Waals surface area (Å²) >= 11 is 0. The topological polar surface area (TPSA) is 61.4 Å². The minimum atomic E-state index is -4.41. The van der Waals surface area contributed by atoms with E-state index in [1.807, 2.05) is 0 Å². The largest absolute Gasteiger partial charge is 0.416 e. The van der Waals surface area contributed by atoms with E-state index in [4.69, 9.17) is 0 Å². The molecule has 0 radical (unpaired) electrons. The second-order valence-corrected chi connectivity index (χ2v) is 4.67. The van der Waals surface area contributed by atoms with Gasteiger partial charge in [-0.05, 0) is 31.2 Å². The number of hydrogen-bond donors (Lipinski definition) is 2. The molecule has 114 valence electrons. The fourth-order valence-electron chi connectivity index (χ4n) is 2.00. The van der Waals surface area contributed by atoms with Crippen molar-refractivity contribution in [1.29, 1.82) is 0 Å². The average Bonchev–Trinajstić information content (AvgIpc) is 2.41. The van der Waals surface area contributed by atoms with E-state index >= 15 is 0 Å². The Morgan fingerprint density at radius 1 is 1.33 bits per heavy atom. The van der Waals surface area contributed by atoms with Crippen LogP contribution in [0.4, 0.5) is 23.7 Å². The van der Waals surface area contributed by atoms with Crippen LogP contribution in [-0.2, 0) is 11.0 Å². The van der Waals surface area contributed by atoms with Crippen LogP contribution in [0.25, 0.3) is 0 Å². The fourth-order valence-corrected chi connectivity index (χ4v) is 2.00. The fraction of sp³-hybridized carbons (Fsp3) is 0.385. The number of halogens is 3. The van der Waals surface area contributed by atoms with Crippen LogP contribution in [-0.4, -0.2) is 36.0 Å². The first kappa shape index (κ1) is 15.1. The third kappa shape index (κ3) is 3.45. The average molecular weight is 301 g/mol. The van der Waals surface area contributed by atoms with Crippen LogP contribution in [0.2, 0.25) is 0 Å². The summed E-state index contributed by atoms with van der Waals surface area (Å²) in [5, 5.41) is 5.10. The van der Waals surface area contributed by atoms with Crippen molar-refractivity contribution in [1.82, 2.24) is 10.2 Å². The van der Waals surface area contributed by atoms with E-state index in [1.165, 1.54) is 17.0 Å². The van der Waals surface area contributed by atoms with Crippen molar-refractivity contribution in [3.05, 3.63) is 29.8 Å². The van der Waals surface area contributed by atoms with Crippen LogP contribution in [0.1, 0.15) is 12.5 Å². The molecule has 1 unspecified atom stereocenters. The zero-order valence-corrected chi connectivity index (χ0v) is 11.2. The van der Waals surface area contributed by atoms with Crippen LogP contribution in [0, 0.1) is 0 Å². The number of urea groups is 1. The van der Waals surface area contributed by atoms with Gasteiger partial charge in [0.25, 0.3) is 0 Å². The lowest BCUT2D eigenvalue weighted by Crippen LogP contribution is -2.56. The maximum atomic E-state index is 12.4. The molecule has 1 atom stereocenters. The number of carbonyl (C=O) groups excluding carboxylic acids is 2. The Hall–Kier alpha value is -2.25. The van der Waals surface area contributed by atoms with Gasteiger partial charge in [-0.1, -0.05) is 0 Å². The molecule has 8 heteroatoms. The van der Waals surface area contributed by atoms with Crippen molar-refractivity contribution < 1.29 is 22.8 Å². The van der Waals surface area contributed by atoms with Crippen LogP contribution >= 0.6 is 0 Å². The first-order valence-corrected chi connectivity index (χ1v) is 6.31. The zero-order chi connectivity index (χ0) is 15.6. The molecule has 0 aromatic heterocycles. The standard InChI is InChI=1S/C13H14F3N3O2/c1-8-11(20)17-6-7-19(8)12(21)18-10-4-2-9(3-5-10)13(14,15)16/h2-5,8H,6-7H2,1H3,(H,17,20)(H,18,21). The summed E-state index contributed by atoms with van der Waals surface area (Å²) in [6, 6.07) is 3.00. The predicted molar refractivity (Wildman–Crippen MR) is 69.6 cm³/mol. The van der Waals surface area contributed by atoms with E-state index in [9.17, 15) is 22.8 Å². The summed E-state index contributed by atoms with van der Waals surface area (Å²) in [6.07, 6.45) is -4.41. The molecule has 1 aliphatic heterocycles. The van der Waals surface area contributed by atoms with Crippen molar-refractivity contribution in [3.8, 4) is 0 Å². The molecular formula is C13H14F3N3O2. The Bertz CT molecular complexity index is 543. The molecule has 21 heavy (non-hydrogen) atoms. The first-order chi connectivity index (χ1) is 9.79. The Labute approximate surface area is 119 Å². The summed E-state index contributed by atoms with van der Waals surface area (Å²) in [4.78, 5) is 24.8. The molecule has 2 rings (SSSR count). The molecule has 2 N–H and O–H groups in total. The SMILES string of the molecule is CC1C(=O)NCCN1C(=O)Nc1ccc(C(F)(F)F)cc1. The quantitative estimate of drug-likeness (QED) is 0.834. The van der Waals surface area contributed by atoms with Crippen LogP contribution in [0.15, 0.2) is 24.3 Å². The number of carbonyl (C=O) groups is 2. The van der Waals surface area contributed by atoms with Gasteiger partial charge in [0.05, 0.1) is 5.56 Å². The van der Waals surface area contributed by atoms with E-state index in [2.05, 4.69) is 10.6 Å². The minimum absolute atomic E-state index is 0.242. The molecule has 0 bridgehead atoms. The Morgan fingerprint density at radius 2 is 1.95 bits per heavy atom. The molecule has 1 aliphatic rings. The van der Waals surface area contributed by atoms with Crippen LogP contribution in [0.5, 0.6) is 0 Å². The molecule has 1 aromatic carbocycles. The van der Waals surface area contributed by atoms with Gasteiger partial charge >= 0.3 is 12.2 Å². The van der Waals surface area contributed by atoms with E-state index in [0.717, 1.165) is 12.1 Å². The van der Waals surface area contributed by atoms with Gasteiger partial charge in [-0.25, -0.2) is 4.79 Å². The number of rotatable bonds is 1. The Balaban J connectivity index is 2.04. The number of amides is 3. The maximum Gasteiger partial charge on any atom is 0.416 e. The lowest BCUT2D eigenvalue weighted by molar-refractivity contribution is -0.137. The highest BCUT2D eigenvalue weighted by Crippen LogP contribution is 2.29. The monoisotopic (exact) mass is 301 g/mol. The number of benzene rings is 1. The summed E-state index contributed by atoms with van der Waals surface area (Å²) in [6.45, 7) is 2.28. The van der Waals surface area contributed by atoms with Gasteiger partial charge in [0, 0.05) is 18.8 Å². The predicted octanol–water partition coefficient (Wildman–Crippen LogP) is 2.06. The van der Waals surface area contributed by atoms with E-state index < -0.39 is 23.8 Å². The van der Waals surface area contributed by atoms with E-state index in [0.29, 0.717) is 13.1 Å². The van der Waals surface area contributed by atoms with Gasteiger partial charge in [-0.3, -0.25) is 4.79 Å². The number of hydrogen-bond acceptors (Lipinski definition) is 2. The number of piperazine rings is 1. The minimum Gasteiger partial charge on any atom is -0.353 e. The van der Waals surface area contributed by atoms with E-state index in [1.54, 1.807) is 6.92 Å². The third-order valence-corrected chi connectivity index (χ3v) is 3.22. The number of nitrogens with zero attached hydrogens (tertiary/aromatic N) is 1. The van der Waals surface area contributed by atoms with E-state index in [-0.39, 0.29) is 11.6 Å². The van der Waals surface area contributed by atoms with Crippen LogP contribution < -0.4 is 10.6 Å². The Kier molecular flexibility index (Phi) is 4.06. The van der Waals surface area contributed by atoms with Gasteiger partial charge in [0.2, 0.25) is 5.91 Å². The van der Waals surface area contributed by atoms with Crippen molar-refractivity contribution >= 4 is 17.6 Å². The first-order valence-electron chi connectivity index (χ1n) is 6.31. The highest BCUT2D eigenvalue weighted by Gasteiger charge is 2.31. The second-order valence-electron chi connectivity index (χ2n) is 4.67. The molecule has 0 spiro atoms. The molecule has 5 nitrogen and oxygen atoms in total. The van der Waals surface area contributed by atoms with Crippen molar-refractivity contribution in [2.75, 3.05) is 18.4 Å². The van der Waals surface area contributed by atoms with Gasteiger partial charge < -0.3 is 15.5 Å². The van der Waals surface area contributed by atoms with Gasteiger partial charge in [0.15, 0.2) is 0 Å². The normalized spacial score (nSPS) is 19.1. The highest BCUT2D eigenvalue weighted by molar-refractivity contribution is 5.94. The van der Waals surface area contributed by atoms with Gasteiger partial charge in [0.1, 0.15) is 6.04 Å². The van der Waals surface area contributed by atoms with Crippen molar-refractivity contribution in [2.45, 2.75) is 19.1 Å². The van der Waals surface area contributed by atoms with Crippen molar-refractivity contribution in [3.63, 3.8) is 0 Å². The second kappa shape index (κ2) is 5.63. The lowest BCUT2D eigenvalue weighted by Gasteiger charge is -2.32. The van der Waals surface area contributed by atoms with Gasteiger partial charge in [-0.15, -0.1) is 0 Å². The molecule has 0 aliphatic carbocycles. The smallest absolute Gasteiger partial charge is 0.353 e. The summed E-state index contributed by atoms with van der Waals surface area (Å²) in [7, 11) is 0. The highest BCUT2D eigenvalue weighted by atomic mass is 19.4. The van der Waals surface area contributed by atoms with Gasteiger partial charge in [-0.2, -0.15) is 13.2 Å². The molecular weight excluding hydrogens is 287 g/mol. The number of nitrogens with one attached hydrogen (secondary N) is 2. The third-order valence-electron chi connectivity index (χ3n) is 3.22. The molecule has 1 heterocycles. The summed E-state index contributed by atoms with van der Waals surface area (Å²) < 4.78 is 37.3. The molecule has 1 fully saturated rings. The lowest BCUT2D eigenvalue weighted by atomic mass is 10.2. The summed E-state index contributed by atoms with van der Waals surface area (Å²) in [5.41, 5.74) is -0.544. The van der Waals surface area contributed by atoms with Crippen molar-refractivity contribution in [2.24, 2.45) is 0 Å². The molecule has 0 saturated carbocycles. The maximum absolute atomic E-state index is 12.4. The Morgan fingerprint density at radius 3 is 2.52 bits per heavy atom. The molecule has 3 amide bonds. The summed E-state index contributed by atoms with van der Waals surface area (Å²) in [5.74, 6) is -0.260. The van der Waals surface area contributed by atoms with Crippen LogP contribution in [0.3, 0.4) is 0 Å². The number of anilines is 1. The molecule has 1 aromatic rings. The zero-order valence-electron chi connectivity index (χ0n) is 11.2. The molecule has 1 saturated heterocycles. The number of alkyl halides is 3.